The van der Waals surface area contributed by atoms with Crippen LogP contribution < -0.4 is 0 Å². The fourth-order valence-electron chi connectivity index (χ4n) is 0.351. The van der Waals surface area contributed by atoms with Crippen LogP contribution in [0.4, 0.5) is 0 Å². The second-order valence-corrected chi connectivity index (χ2v) is 2.23. The summed E-state index contributed by atoms with van der Waals surface area (Å²) in [6, 6.07) is 0. The molecule has 0 saturated carbocycles. The minimum absolute atomic E-state index is 0.0625. The molecule has 0 rings (SSSR count). The van der Waals surface area contributed by atoms with E-state index in [-0.39, 0.29) is 18.0 Å². The average molecular weight is 181 g/mol. The third-order valence-corrected chi connectivity index (χ3v) is 0.498. The van der Waals surface area contributed by atoms with Gasteiger partial charge in [0.05, 0.1) is 17.8 Å². The molecule has 0 heterocycles. The van der Waals surface area contributed by atoms with Gasteiger partial charge in [-0.2, -0.15) is 0 Å². The first kappa shape index (κ1) is 13.0. The van der Waals surface area contributed by atoms with Gasteiger partial charge < -0.3 is 9.11 Å². The van der Waals surface area contributed by atoms with E-state index in [0.717, 1.165) is 0 Å². The fourth-order valence-corrected chi connectivity index (χ4v) is 0.351. The Morgan fingerprint density at radius 2 is 1.55 bits per heavy atom. The molecule has 1 atom stereocenters. The summed E-state index contributed by atoms with van der Waals surface area (Å²) >= 11 is -2.86. The molecule has 0 aromatic carbocycles. The Kier molecular flexibility index (Phi) is 8.91. The van der Waals surface area contributed by atoms with Crippen LogP contribution in [0.3, 0.4) is 0 Å². The normalized spacial score (nSPS) is 10.9. The van der Waals surface area contributed by atoms with E-state index in [4.69, 9.17) is 13.3 Å². The van der Waals surface area contributed by atoms with E-state index in [1.807, 2.05) is 0 Å². The van der Waals surface area contributed by atoms with Gasteiger partial charge in [-0.1, -0.05) is 0 Å². The standard InChI is InChI=1S/C5H8O2.H2O3S/c1-4(6)3-5(2)7;1-4(2)3/h3H2,1-2H3;(H2,1,2,3)/p-1. The van der Waals surface area contributed by atoms with E-state index in [2.05, 4.69) is 0 Å². The van der Waals surface area contributed by atoms with Crippen molar-refractivity contribution in [2.45, 2.75) is 20.3 Å². The van der Waals surface area contributed by atoms with Crippen LogP contribution in [0.25, 0.3) is 0 Å². The Hall–Kier alpha value is -0.590. The zero-order valence-corrected chi connectivity index (χ0v) is 7.01. The summed E-state index contributed by atoms with van der Waals surface area (Å²) in [4.78, 5) is 20.1. The molecule has 5 nitrogen and oxygen atoms in total. The Balaban J connectivity index is 0. The number of carbonyl (C=O) groups excluding carboxylic acids is 2. The van der Waals surface area contributed by atoms with Crippen molar-refractivity contribution in [1.29, 1.82) is 0 Å². The molecule has 0 amide bonds. The number of carbonyl (C=O) groups is 2. The molecule has 0 aliphatic rings. The van der Waals surface area contributed by atoms with Crippen LogP contribution in [0.15, 0.2) is 0 Å². The number of ketones is 2. The van der Waals surface area contributed by atoms with E-state index in [1.165, 1.54) is 13.8 Å². The van der Waals surface area contributed by atoms with Crippen molar-refractivity contribution in [1.82, 2.24) is 0 Å². The van der Waals surface area contributed by atoms with Crippen LogP contribution >= 0.6 is 0 Å². The molecule has 0 saturated heterocycles. The lowest BCUT2D eigenvalue weighted by Gasteiger charge is -1.83. The van der Waals surface area contributed by atoms with Gasteiger partial charge in [-0.25, -0.2) is 4.21 Å². The maximum atomic E-state index is 10.0. The molecule has 0 radical (unpaired) electrons. The fraction of sp³-hybridized carbons (Fsp3) is 0.600. The molecular weight excluding hydrogens is 172 g/mol. The maximum absolute atomic E-state index is 10.0. The van der Waals surface area contributed by atoms with Gasteiger partial charge in [0.25, 0.3) is 0 Å². The summed E-state index contributed by atoms with van der Waals surface area (Å²) in [5.74, 6) is -0.125. The molecule has 0 bridgehead atoms. The van der Waals surface area contributed by atoms with Crippen molar-refractivity contribution in [2.24, 2.45) is 0 Å². The van der Waals surface area contributed by atoms with Gasteiger partial charge in [-0.3, -0.25) is 9.59 Å². The third-order valence-electron chi connectivity index (χ3n) is 0.498. The first-order valence-corrected chi connectivity index (χ1v) is 3.66. The van der Waals surface area contributed by atoms with Crippen LogP contribution in [-0.2, 0) is 21.0 Å². The molecule has 6 heteroatoms. The van der Waals surface area contributed by atoms with Gasteiger partial charge in [0.1, 0.15) is 11.6 Å². The van der Waals surface area contributed by atoms with E-state index in [1.54, 1.807) is 0 Å². The van der Waals surface area contributed by atoms with Crippen LogP contribution in [0.1, 0.15) is 20.3 Å². The van der Waals surface area contributed by atoms with E-state index in [0.29, 0.717) is 0 Å². The largest absolute Gasteiger partial charge is 0.750 e. The Morgan fingerprint density at radius 1 is 1.36 bits per heavy atom. The lowest BCUT2D eigenvalue weighted by Crippen LogP contribution is -1.97. The van der Waals surface area contributed by atoms with Gasteiger partial charge in [0.2, 0.25) is 0 Å². The number of hydrogen-bond donors (Lipinski definition) is 1. The molecule has 1 unspecified atom stereocenters. The highest BCUT2D eigenvalue weighted by Crippen LogP contribution is 1.80. The van der Waals surface area contributed by atoms with Gasteiger partial charge in [0, 0.05) is 0 Å². The molecule has 0 aliphatic carbocycles. The average Bonchev–Trinajstić information content (AvgIpc) is 1.56. The highest BCUT2D eigenvalue weighted by atomic mass is 32.2. The van der Waals surface area contributed by atoms with Gasteiger partial charge >= 0.3 is 0 Å². The SMILES string of the molecule is CC(=O)CC(C)=O.O=S([O-])O. The first-order chi connectivity index (χ1) is 4.86. The topological polar surface area (TPSA) is 94.5 Å². The quantitative estimate of drug-likeness (QED) is 0.474. The second-order valence-electron chi connectivity index (χ2n) is 1.80. The van der Waals surface area contributed by atoms with Crippen molar-refractivity contribution in [3.05, 3.63) is 0 Å². The van der Waals surface area contributed by atoms with Crippen LogP contribution in [0.5, 0.6) is 0 Å². The molecule has 0 aromatic rings. The zero-order valence-electron chi connectivity index (χ0n) is 6.20. The Bertz CT molecular complexity index is 148. The van der Waals surface area contributed by atoms with Gasteiger partial charge in [-0.05, 0) is 13.8 Å². The second kappa shape index (κ2) is 7.52. The molecule has 0 aromatic heterocycles. The number of hydrogen-bond acceptors (Lipinski definition) is 4. The maximum Gasteiger partial charge on any atom is 0.137 e. The minimum atomic E-state index is -2.86. The summed E-state index contributed by atoms with van der Waals surface area (Å²) < 4.78 is 24.1. The van der Waals surface area contributed by atoms with E-state index < -0.39 is 11.4 Å². The molecular formula is C5H9O5S-. The molecule has 11 heavy (non-hydrogen) atoms. The smallest absolute Gasteiger partial charge is 0.137 e. The number of Topliss-reactive ketones (excluding diaryl/α,β-unsaturated/α-hetero) is 2. The predicted molar refractivity (Wildman–Crippen MR) is 37.5 cm³/mol. The van der Waals surface area contributed by atoms with Crippen LogP contribution in [0.2, 0.25) is 0 Å². The molecule has 1 N–H and O–H groups in total. The Labute approximate surface area is 66.9 Å². The van der Waals surface area contributed by atoms with Crippen molar-refractivity contribution in [3.63, 3.8) is 0 Å². The highest BCUT2D eigenvalue weighted by Gasteiger charge is 1.94. The monoisotopic (exact) mass is 181 g/mol. The van der Waals surface area contributed by atoms with Crippen molar-refractivity contribution in [2.75, 3.05) is 0 Å². The van der Waals surface area contributed by atoms with Crippen molar-refractivity contribution in [3.8, 4) is 0 Å². The summed E-state index contributed by atoms with van der Waals surface area (Å²) in [5.41, 5.74) is 0. The lowest BCUT2D eigenvalue weighted by atomic mass is 10.2. The molecule has 0 aliphatic heterocycles. The van der Waals surface area contributed by atoms with Crippen LogP contribution in [-0.4, -0.2) is 24.9 Å². The van der Waals surface area contributed by atoms with E-state index >= 15 is 0 Å². The van der Waals surface area contributed by atoms with Gasteiger partial charge in [-0.15, -0.1) is 0 Å². The van der Waals surface area contributed by atoms with Crippen molar-refractivity contribution >= 4 is 22.9 Å². The zero-order chi connectivity index (χ0) is 9.44. The summed E-state index contributed by atoms with van der Waals surface area (Å²) in [6.07, 6.45) is 0.0833. The summed E-state index contributed by atoms with van der Waals surface area (Å²) in [5, 5.41) is 0. The minimum Gasteiger partial charge on any atom is -0.750 e. The van der Waals surface area contributed by atoms with E-state index in [9.17, 15) is 9.59 Å². The molecule has 0 spiro atoms. The van der Waals surface area contributed by atoms with Gasteiger partial charge in [0.15, 0.2) is 0 Å². The highest BCUT2D eigenvalue weighted by molar-refractivity contribution is 7.73. The first-order valence-electron chi connectivity index (χ1n) is 2.63. The molecule has 66 valence electrons. The molecule has 0 fully saturated rings. The summed E-state index contributed by atoms with van der Waals surface area (Å²) in [6.45, 7) is 2.81. The van der Waals surface area contributed by atoms with Crippen LogP contribution in [0, 0.1) is 0 Å². The number of rotatable bonds is 2. The Morgan fingerprint density at radius 3 is 1.55 bits per heavy atom. The van der Waals surface area contributed by atoms with Crippen molar-refractivity contribution < 1.29 is 22.9 Å². The third kappa shape index (κ3) is 44.4. The summed E-state index contributed by atoms with van der Waals surface area (Å²) in [7, 11) is 0. The predicted octanol–water partition coefficient (Wildman–Crippen LogP) is -0.107. The lowest BCUT2D eigenvalue weighted by molar-refractivity contribution is -0.124.